The summed E-state index contributed by atoms with van der Waals surface area (Å²) in [6, 6.07) is 26.9. The molecule has 2 aliphatic carbocycles. The quantitative estimate of drug-likeness (QED) is 0.0134. The number of hydrogen-bond acceptors (Lipinski definition) is 14. The van der Waals surface area contributed by atoms with Gasteiger partial charge in [-0.1, -0.05) is 66.7 Å². The van der Waals surface area contributed by atoms with E-state index in [4.69, 9.17) is 19.8 Å². The van der Waals surface area contributed by atoms with Gasteiger partial charge in [0.1, 0.15) is 47.9 Å². The van der Waals surface area contributed by atoms with Crippen LogP contribution >= 0.6 is 8.25 Å². The first kappa shape index (κ1) is 65.0. The zero-order chi connectivity index (χ0) is 64.1. The highest BCUT2D eigenvalue weighted by Crippen LogP contribution is 2.45. The number of carbonyl (C=O) groups is 8. The highest BCUT2D eigenvalue weighted by atomic mass is 31.1. The molecule has 5 unspecified atom stereocenters. The Morgan fingerprint density at radius 1 is 0.697 bits per heavy atom. The molecule has 0 fully saturated rings. The highest BCUT2D eigenvalue weighted by molar-refractivity contribution is 7.32. The number of alkyl carbamates (subject to hydrolysis) is 1. The third-order valence-electron chi connectivity index (χ3n) is 14.9. The summed E-state index contributed by atoms with van der Waals surface area (Å²) in [6.45, 7) is 2.64. The number of ether oxygens (including phenoxy) is 1. The zero-order valence-corrected chi connectivity index (χ0v) is 48.9. The number of carboxylic acids is 1. The van der Waals surface area contributed by atoms with Crippen LogP contribution in [0, 0.1) is 0 Å². The van der Waals surface area contributed by atoms with Crippen LogP contribution in [0.1, 0.15) is 101 Å². The second kappa shape index (κ2) is 29.1. The molecule has 464 valence electrons. The van der Waals surface area contributed by atoms with Gasteiger partial charge in [-0.25, -0.2) is 9.59 Å². The van der Waals surface area contributed by atoms with E-state index in [-0.39, 0.29) is 115 Å². The Morgan fingerprint density at radius 2 is 1.31 bits per heavy atom. The first-order valence-corrected chi connectivity index (χ1v) is 29.3. The number of alkyl halides is 2. The number of rotatable bonds is 28. The van der Waals surface area contributed by atoms with Gasteiger partial charge in [0.2, 0.25) is 29.5 Å². The van der Waals surface area contributed by atoms with E-state index in [0.717, 1.165) is 41.3 Å². The number of carbonyl (C=O) groups excluding carboxylic acids is 7. The lowest BCUT2D eigenvalue weighted by molar-refractivity contribution is -0.186. The minimum absolute atomic E-state index is 0.00259. The Bertz CT molecular complexity index is 3840. The van der Waals surface area contributed by atoms with E-state index >= 15 is 0 Å². The van der Waals surface area contributed by atoms with Gasteiger partial charge >= 0.3 is 26.4 Å². The molecule has 3 aliphatic rings. The molecule has 8 rings (SSSR count). The Hall–Kier alpha value is -9.97. The van der Waals surface area contributed by atoms with Gasteiger partial charge in [-0.05, 0) is 132 Å². The number of primary amides is 1. The van der Waals surface area contributed by atoms with Gasteiger partial charge in [-0.3, -0.25) is 33.6 Å². The van der Waals surface area contributed by atoms with Crippen molar-refractivity contribution in [2.24, 2.45) is 5.73 Å². The topological polar surface area (TPSA) is 361 Å². The summed E-state index contributed by atoms with van der Waals surface area (Å²) in [7, 11) is -3.67. The number of benzene rings is 6. The summed E-state index contributed by atoms with van der Waals surface area (Å²) in [6.07, 6.45) is -4.24. The zero-order valence-electron chi connectivity index (χ0n) is 48.0. The number of aromatic hydroxyl groups is 1. The lowest BCUT2D eigenvalue weighted by Gasteiger charge is -2.25. The summed E-state index contributed by atoms with van der Waals surface area (Å²) < 4.78 is 55.1. The second-order valence-corrected chi connectivity index (χ2v) is 21.8. The predicted molar refractivity (Wildman–Crippen MR) is 319 cm³/mol. The molecule has 5 aromatic rings. The largest absolute Gasteiger partial charge is 0.701 e. The van der Waals surface area contributed by atoms with Crippen molar-refractivity contribution >= 4 is 66.7 Å². The Morgan fingerprint density at radius 3 is 1.96 bits per heavy atom. The number of nitrogens with two attached hydrogens (primary N) is 1. The molecule has 0 saturated heterocycles. The number of fused-ring (bicyclic) bond motifs is 5. The normalized spacial score (nSPS) is 13.4. The van der Waals surface area contributed by atoms with E-state index in [1.165, 1.54) is 67.6 Å². The van der Waals surface area contributed by atoms with Gasteiger partial charge in [0, 0.05) is 71.1 Å². The number of nitrogens with one attached hydrogen (secondary N) is 6. The van der Waals surface area contributed by atoms with E-state index in [1.807, 2.05) is 48.5 Å². The van der Waals surface area contributed by atoms with E-state index in [0.29, 0.717) is 16.5 Å². The Balaban J connectivity index is 0.864. The van der Waals surface area contributed by atoms with Gasteiger partial charge in [-0.15, -0.1) is 4.89 Å². The van der Waals surface area contributed by atoms with Crippen molar-refractivity contribution < 1.29 is 80.5 Å². The van der Waals surface area contributed by atoms with Crippen LogP contribution < -0.4 is 43.1 Å². The average Bonchev–Trinajstić information content (AvgIpc) is 1.70. The molecule has 0 bridgehead atoms. The summed E-state index contributed by atoms with van der Waals surface area (Å²) in [5.74, 6) is -6.32. The van der Waals surface area contributed by atoms with E-state index < -0.39 is 91.6 Å². The van der Waals surface area contributed by atoms with E-state index in [2.05, 4.69) is 36.4 Å². The molecule has 11 N–H and O–H groups in total. The van der Waals surface area contributed by atoms with Gasteiger partial charge in [0.05, 0.1) is 11.1 Å². The fraction of sp³-hybridized carbons (Fsp3) is 0.286. The van der Waals surface area contributed by atoms with Crippen molar-refractivity contribution in [3.63, 3.8) is 0 Å². The average molecular weight is 1240 g/mol. The number of halogens is 2. The van der Waals surface area contributed by atoms with E-state index in [9.17, 15) is 66.7 Å². The molecule has 0 radical (unpaired) electrons. The molecule has 0 aromatic heterocycles. The molecule has 1 heterocycles. The number of carboxylic acid groups (broad SMARTS) is 1. The molecule has 1 aliphatic heterocycles. The fourth-order valence-corrected chi connectivity index (χ4v) is 10.8. The number of phenolic OH excluding ortho intramolecular Hbond substituents is 1. The molecule has 89 heavy (non-hydrogen) atoms. The molecule has 7 amide bonds. The lowest BCUT2D eigenvalue weighted by atomic mass is 9.90. The minimum atomic E-state index is -4.13. The van der Waals surface area contributed by atoms with Crippen LogP contribution in [0.4, 0.5) is 13.6 Å². The van der Waals surface area contributed by atoms with Gasteiger partial charge in [0.15, 0.2) is 5.43 Å². The van der Waals surface area contributed by atoms with Crippen molar-refractivity contribution in [2.75, 3.05) is 19.7 Å². The van der Waals surface area contributed by atoms with Crippen LogP contribution in [-0.4, -0.2) is 106 Å². The SMILES string of the molecule is CC(=O)NC(Cc1ccc(C(F)(F)O[P+](=O)O)cc1)C(=O)NC(CCCCNC(=O)OCC1c2ccccc2-c2ccccc21)C(=O)NC(C)C(=O)NC(CCCCNC(=O)c1ccc(-c2c3ccc(=O)cc-3oc3cc(O)ccc23)c(C(=O)O)c1)C(N)=O. The smallest absolute Gasteiger partial charge is 0.508 e. The first-order valence-electron chi connectivity index (χ1n) is 28.2. The van der Waals surface area contributed by atoms with Gasteiger partial charge < -0.3 is 57.0 Å². The van der Waals surface area contributed by atoms with Crippen molar-refractivity contribution in [3.05, 3.63) is 171 Å². The summed E-state index contributed by atoms with van der Waals surface area (Å²) >= 11 is 0. The van der Waals surface area contributed by atoms with Crippen LogP contribution in [0.3, 0.4) is 0 Å². The Kier molecular flexibility index (Phi) is 21.3. The summed E-state index contributed by atoms with van der Waals surface area (Å²) in [5.41, 5.74) is 9.90. The van der Waals surface area contributed by atoms with Crippen molar-refractivity contribution in [2.45, 2.75) is 95.0 Å². The van der Waals surface area contributed by atoms with Crippen LogP contribution in [0.25, 0.3) is 44.5 Å². The number of unbranched alkanes of at least 4 members (excludes halogenated alkanes) is 2. The molecular formula is C63H63F2N7O16P+. The third-order valence-corrected chi connectivity index (χ3v) is 15.2. The van der Waals surface area contributed by atoms with Crippen LogP contribution in [0.2, 0.25) is 0 Å². The van der Waals surface area contributed by atoms with Gasteiger partial charge in [-0.2, -0.15) is 8.78 Å². The standard InChI is InChI=1S/C63H62F2N7O16P/c1-34(57(77)71-50(56(66)76)15-7-9-27-67-58(78)37-19-24-45(48(30-37)61(81)82)55-46-25-22-39(74)31-53(46)87-54-32-40(75)23-26-47(54)55)69-59(79)51(72-60(80)52(70-35(2)73)29-36-17-20-38(21-18-36)63(64,65)88-89(84)85)16-8-10-28-68-62(83)86-33-49-43-13-5-3-11-41(43)42-12-4-6-14-44(42)49/h3-6,11-14,17-26,30-32,34,49-52H,7-10,15-16,27-29,33H2,1-2H3,(H10-,66,67,68,69,70,71,72,73,74,75,76,77,78,79,80,81,82,83,84,85)/p+1. The number of hydrogen-bond donors (Lipinski definition) is 10. The summed E-state index contributed by atoms with van der Waals surface area (Å²) in [5, 5.41) is 36.5. The third kappa shape index (κ3) is 16.6. The predicted octanol–water partition coefficient (Wildman–Crippen LogP) is 7.00. The molecular weight excluding hydrogens is 1180 g/mol. The second-order valence-electron chi connectivity index (χ2n) is 21.1. The maximum Gasteiger partial charge on any atom is 0.701 e. The maximum atomic E-state index is 14.4. The molecule has 5 aromatic carbocycles. The highest BCUT2D eigenvalue weighted by Gasteiger charge is 2.43. The number of phenols is 1. The summed E-state index contributed by atoms with van der Waals surface area (Å²) in [4.78, 5) is 127. The molecule has 23 nitrogen and oxygen atoms in total. The molecule has 26 heteroatoms. The van der Waals surface area contributed by atoms with Crippen LogP contribution in [0.15, 0.2) is 137 Å². The van der Waals surface area contributed by atoms with Crippen molar-refractivity contribution in [1.82, 2.24) is 31.9 Å². The number of aromatic carboxylic acids is 1. The van der Waals surface area contributed by atoms with Crippen molar-refractivity contribution in [3.8, 4) is 39.3 Å². The van der Waals surface area contributed by atoms with Crippen molar-refractivity contribution in [1.29, 1.82) is 0 Å². The molecule has 0 saturated carbocycles. The fourth-order valence-electron chi connectivity index (χ4n) is 10.5. The van der Waals surface area contributed by atoms with Crippen LogP contribution in [-0.2, 0) is 50.3 Å². The molecule has 5 atom stereocenters. The van der Waals surface area contributed by atoms with Crippen LogP contribution in [0.5, 0.6) is 5.75 Å². The Labute approximate surface area is 508 Å². The lowest BCUT2D eigenvalue weighted by Crippen LogP contribution is -2.57. The monoisotopic (exact) mass is 1240 g/mol. The minimum Gasteiger partial charge on any atom is -0.508 e. The van der Waals surface area contributed by atoms with Gasteiger partial charge in [0.25, 0.3) is 5.91 Å². The maximum absolute atomic E-state index is 14.4. The number of amides is 7. The van der Waals surface area contributed by atoms with E-state index in [1.54, 1.807) is 6.07 Å². The first-order chi connectivity index (χ1) is 42.5. The molecule has 0 spiro atoms.